The summed E-state index contributed by atoms with van der Waals surface area (Å²) in [6.07, 6.45) is 34.8. The molecule has 0 aliphatic heterocycles. The van der Waals surface area contributed by atoms with Crippen LogP contribution < -0.4 is 0 Å². The molecule has 0 saturated heterocycles. The summed E-state index contributed by atoms with van der Waals surface area (Å²) in [6, 6.07) is 0. The van der Waals surface area contributed by atoms with E-state index in [-0.39, 0.29) is 0 Å². The minimum atomic E-state index is 0.961. The van der Waals surface area contributed by atoms with Crippen molar-refractivity contribution < 1.29 is 4.74 Å². The highest BCUT2D eigenvalue weighted by Gasteiger charge is 1.93. The Labute approximate surface area is 178 Å². The van der Waals surface area contributed by atoms with Crippen molar-refractivity contribution in [3.63, 3.8) is 0 Å². The molecule has 0 fully saturated rings. The minimum Gasteiger partial charge on any atom is -0.381 e. The zero-order chi connectivity index (χ0) is 20.4. The second-order valence-electron chi connectivity index (χ2n) is 8.28. The molecule has 0 spiro atoms. The Kier molecular flexibility index (Phi) is 25.9. The number of ether oxygens (including phenoxy) is 1. The van der Waals surface area contributed by atoms with Crippen LogP contribution in [0.5, 0.6) is 0 Å². The number of unbranched alkanes of at least 4 members (excludes halogenated alkanes) is 15. The monoisotopic (exact) mass is 392 g/mol. The zero-order valence-electron chi connectivity index (χ0n) is 19.6. The molecule has 0 atom stereocenters. The van der Waals surface area contributed by atoms with Gasteiger partial charge < -0.3 is 4.74 Å². The van der Waals surface area contributed by atoms with E-state index in [4.69, 9.17) is 4.74 Å². The third-order valence-electron chi connectivity index (χ3n) is 5.36. The lowest BCUT2D eigenvalue weighted by atomic mass is 10.1. The predicted molar refractivity (Wildman–Crippen MR) is 128 cm³/mol. The van der Waals surface area contributed by atoms with Crippen molar-refractivity contribution >= 4 is 0 Å². The van der Waals surface area contributed by atoms with Gasteiger partial charge in [0.25, 0.3) is 0 Å². The maximum Gasteiger partial charge on any atom is 0.0466 e. The van der Waals surface area contributed by atoms with E-state index in [1.165, 1.54) is 122 Å². The Morgan fingerprint density at radius 2 is 0.821 bits per heavy atom. The van der Waals surface area contributed by atoms with Crippen molar-refractivity contribution in [1.29, 1.82) is 0 Å². The number of allylic oxidation sites excluding steroid dienone is 4. The first-order chi connectivity index (χ1) is 13.9. The predicted octanol–water partition coefficient (Wildman–Crippen LogP) is 9.57. The molecule has 0 bridgehead atoms. The summed E-state index contributed by atoms with van der Waals surface area (Å²) in [5, 5.41) is 0. The lowest BCUT2D eigenvalue weighted by Gasteiger charge is -2.04. The highest BCUT2D eigenvalue weighted by molar-refractivity contribution is 4.81. The van der Waals surface area contributed by atoms with Gasteiger partial charge in [0.15, 0.2) is 0 Å². The van der Waals surface area contributed by atoms with Crippen LogP contribution in [0.2, 0.25) is 0 Å². The smallest absolute Gasteiger partial charge is 0.0466 e. The summed E-state index contributed by atoms with van der Waals surface area (Å²) in [5.74, 6) is 0. The lowest BCUT2D eigenvalue weighted by molar-refractivity contribution is 0.126. The number of rotatable bonds is 23. The fraction of sp³-hybridized carbons (Fsp3) is 0.852. The number of hydrogen-bond donors (Lipinski definition) is 0. The van der Waals surface area contributed by atoms with E-state index in [1.807, 2.05) is 0 Å². The molecular weight excluding hydrogens is 340 g/mol. The molecule has 0 aromatic carbocycles. The van der Waals surface area contributed by atoms with Gasteiger partial charge in [0.05, 0.1) is 0 Å². The van der Waals surface area contributed by atoms with E-state index in [2.05, 4.69) is 38.2 Å². The Hall–Kier alpha value is -0.560. The van der Waals surface area contributed by atoms with Crippen molar-refractivity contribution in [2.75, 3.05) is 13.2 Å². The standard InChI is InChI=1S/C27H52O/c1-3-5-7-9-11-12-13-14-15-16-17-18-19-21-23-25-27-28-26-24-22-20-10-8-6-4-2/h6,8,14-15H,3-5,7,9-13,16-27H2,1-2H3/b8-6-,15-14-. The van der Waals surface area contributed by atoms with Crippen molar-refractivity contribution in [3.05, 3.63) is 24.3 Å². The van der Waals surface area contributed by atoms with Gasteiger partial charge in [-0.25, -0.2) is 0 Å². The van der Waals surface area contributed by atoms with E-state index < -0.39 is 0 Å². The van der Waals surface area contributed by atoms with Gasteiger partial charge in [-0.1, -0.05) is 102 Å². The van der Waals surface area contributed by atoms with Crippen molar-refractivity contribution in [3.8, 4) is 0 Å². The van der Waals surface area contributed by atoms with Gasteiger partial charge in [-0.3, -0.25) is 0 Å². The zero-order valence-corrected chi connectivity index (χ0v) is 19.6. The molecule has 0 saturated carbocycles. The van der Waals surface area contributed by atoms with Gasteiger partial charge in [0.2, 0.25) is 0 Å². The maximum atomic E-state index is 5.75. The molecule has 0 N–H and O–H groups in total. The quantitative estimate of drug-likeness (QED) is 0.124. The van der Waals surface area contributed by atoms with Crippen LogP contribution in [0.25, 0.3) is 0 Å². The van der Waals surface area contributed by atoms with E-state index in [9.17, 15) is 0 Å². The molecule has 0 aromatic rings. The molecule has 166 valence electrons. The van der Waals surface area contributed by atoms with Gasteiger partial charge in [0, 0.05) is 13.2 Å². The molecule has 1 nitrogen and oxygen atoms in total. The molecule has 0 aliphatic carbocycles. The second kappa shape index (κ2) is 26.4. The van der Waals surface area contributed by atoms with Crippen LogP contribution in [0.3, 0.4) is 0 Å². The van der Waals surface area contributed by atoms with E-state index in [0.717, 1.165) is 13.2 Å². The normalized spacial score (nSPS) is 11.9. The van der Waals surface area contributed by atoms with Crippen molar-refractivity contribution in [2.45, 2.75) is 136 Å². The summed E-state index contributed by atoms with van der Waals surface area (Å²) in [5.41, 5.74) is 0. The first-order valence-corrected chi connectivity index (χ1v) is 12.8. The first kappa shape index (κ1) is 27.4. The lowest BCUT2D eigenvalue weighted by Crippen LogP contribution is -1.97. The number of hydrogen-bond acceptors (Lipinski definition) is 1. The molecule has 0 aliphatic rings. The molecule has 0 rings (SSSR count). The molecule has 1 heteroatoms. The fourth-order valence-corrected chi connectivity index (χ4v) is 3.48. The summed E-state index contributed by atoms with van der Waals surface area (Å²) in [4.78, 5) is 0. The third-order valence-corrected chi connectivity index (χ3v) is 5.36. The first-order valence-electron chi connectivity index (χ1n) is 12.8. The Bertz CT molecular complexity index is 318. The van der Waals surface area contributed by atoms with Gasteiger partial charge in [-0.15, -0.1) is 0 Å². The van der Waals surface area contributed by atoms with Crippen LogP contribution in [0, 0.1) is 0 Å². The molecule has 0 aromatic heterocycles. The highest BCUT2D eigenvalue weighted by atomic mass is 16.5. The van der Waals surface area contributed by atoms with Gasteiger partial charge in [-0.2, -0.15) is 0 Å². The van der Waals surface area contributed by atoms with Crippen LogP contribution in [0.4, 0.5) is 0 Å². The highest BCUT2D eigenvalue weighted by Crippen LogP contribution is 2.10. The fourth-order valence-electron chi connectivity index (χ4n) is 3.48. The summed E-state index contributed by atoms with van der Waals surface area (Å²) < 4.78 is 5.75. The van der Waals surface area contributed by atoms with Gasteiger partial charge >= 0.3 is 0 Å². The summed E-state index contributed by atoms with van der Waals surface area (Å²) >= 11 is 0. The van der Waals surface area contributed by atoms with Crippen molar-refractivity contribution in [2.24, 2.45) is 0 Å². The largest absolute Gasteiger partial charge is 0.381 e. The van der Waals surface area contributed by atoms with Gasteiger partial charge in [0.1, 0.15) is 0 Å². The minimum absolute atomic E-state index is 0.961. The summed E-state index contributed by atoms with van der Waals surface area (Å²) in [7, 11) is 0. The summed E-state index contributed by atoms with van der Waals surface area (Å²) in [6.45, 7) is 6.41. The average molecular weight is 393 g/mol. The second-order valence-corrected chi connectivity index (χ2v) is 8.28. The Balaban J connectivity index is 3.06. The molecular formula is C27H52O. The molecule has 0 heterocycles. The van der Waals surface area contributed by atoms with E-state index >= 15 is 0 Å². The van der Waals surface area contributed by atoms with Crippen molar-refractivity contribution in [1.82, 2.24) is 0 Å². The molecule has 0 radical (unpaired) electrons. The van der Waals surface area contributed by atoms with Crippen LogP contribution >= 0.6 is 0 Å². The van der Waals surface area contributed by atoms with E-state index in [1.54, 1.807) is 0 Å². The SMILES string of the molecule is CC/C=C\CCCCCOCCCCCCCC/C=C\CCCCCCCC. The topological polar surface area (TPSA) is 9.23 Å². The molecule has 28 heavy (non-hydrogen) atoms. The Morgan fingerprint density at radius 3 is 1.32 bits per heavy atom. The van der Waals surface area contributed by atoms with Crippen LogP contribution in [-0.2, 0) is 4.74 Å². The van der Waals surface area contributed by atoms with Crippen LogP contribution in [-0.4, -0.2) is 13.2 Å². The molecule has 0 unspecified atom stereocenters. The molecule has 0 amide bonds. The third kappa shape index (κ3) is 25.4. The van der Waals surface area contributed by atoms with Crippen LogP contribution in [0.1, 0.15) is 136 Å². The average Bonchev–Trinajstić information content (AvgIpc) is 2.71. The maximum absolute atomic E-state index is 5.75. The van der Waals surface area contributed by atoms with E-state index in [0.29, 0.717) is 0 Å². The van der Waals surface area contributed by atoms with Crippen LogP contribution in [0.15, 0.2) is 24.3 Å². The van der Waals surface area contributed by atoms with Gasteiger partial charge in [-0.05, 0) is 57.8 Å². The Morgan fingerprint density at radius 1 is 0.429 bits per heavy atom.